The van der Waals surface area contributed by atoms with Crippen LogP contribution in [0.15, 0.2) is 53.1 Å². The molecule has 1 amide bonds. The molecule has 1 atom stereocenters. The van der Waals surface area contributed by atoms with Gasteiger partial charge < -0.3 is 19.6 Å². The highest BCUT2D eigenvalue weighted by atomic mass is 32.1. The van der Waals surface area contributed by atoms with Gasteiger partial charge in [-0.2, -0.15) is 0 Å². The van der Waals surface area contributed by atoms with Crippen LogP contribution in [0.25, 0.3) is 0 Å². The molecule has 2 aliphatic heterocycles. The molecule has 168 valence electrons. The van der Waals surface area contributed by atoms with Crippen LogP contribution in [0, 0.1) is 10.1 Å². The lowest BCUT2D eigenvalue weighted by Gasteiger charge is -2.29. The van der Waals surface area contributed by atoms with E-state index < -0.39 is 28.4 Å². The maximum absolute atomic E-state index is 13.2. The third-order valence-corrected chi connectivity index (χ3v) is 6.67. The topological polar surface area (TPSA) is 117 Å². The van der Waals surface area contributed by atoms with Crippen molar-refractivity contribution in [2.45, 2.75) is 12.5 Å². The number of amides is 1. The molecule has 1 aromatic carbocycles. The molecule has 4 rings (SSSR count). The number of hydrogen-bond donors (Lipinski definition) is 1. The summed E-state index contributed by atoms with van der Waals surface area (Å²) in [7, 11) is 0. The van der Waals surface area contributed by atoms with Gasteiger partial charge in [-0.3, -0.25) is 19.7 Å². The van der Waals surface area contributed by atoms with Gasteiger partial charge in [-0.05, 0) is 22.8 Å². The number of hydrogen-bond acceptors (Lipinski definition) is 7. The van der Waals surface area contributed by atoms with E-state index in [-0.39, 0.29) is 17.8 Å². The van der Waals surface area contributed by atoms with E-state index in [0.717, 1.165) is 19.6 Å². The summed E-state index contributed by atoms with van der Waals surface area (Å²) in [6.45, 7) is 4.24. The standard InChI is InChI=1S/C22H23N3O6S/c26-20(17-6-2-13-32-17)18-19(15-4-1-5-16(14-15)25(29)30)24(22(28)21(18)27)8-3-7-23-9-11-31-12-10-23/h1-2,4-6,13-14,19,27H,3,7-12H2. The van der Waals surface area contributed by atoms with Crippen LogP contribution in [0.5, 0.6) is 0 Å². The van der Waals surface area contributed by atoms with Gasteiger partial charge in [0.2, 0.25) is 11.7 Å². The number of carbonyl (C=O) groups is 2. The van der Waals surface area contributed by atoms with E-state index in [2.05, 4.69) is 0 Å². The number of thiophene rings is 1. The molecule has 0 spiro atoms. The molecule has 9 nitrogen and oxygen atoms in total. The number of morpholine rings is 1. The number of rotatable bonds is 8. The van der Waals surface area contributed by atoms with Gasteiger partial charge in [0.05, 0.1) is 35.6 Å². The fourth-order valence-electron chi connectivity index (χ4n) is 4.21. The Kier molecular flexibility index (Phi) is 6.63. The summed E-state index contributed by atoms with van der Waals surface area (Å²) in [6, 6.07) is 8.16. The highest BCUT2D eigenvalue weighted by molar-refractivity contribution is 7.12. The van der Waals surface area contributed by atoms with Crippen molar-refractivity contribution in [1.82, 2.24) is 4.90 Å². The number of nitrogens with zero attached hydrogens (tertiary/aromatic N) is 2. The zero-order valence-electron chi connectivity index (χ0n) is 17.3. The number of ketones is 1. The molecule has 0 bridgehead atoms. The van der Waals surface area contributed by atoms with Crippen molar-refractivity contribution in [3.05, 3.63) is 73.7 Å². The van der Waals surface area contributed by atoms with E-state index in [1.54, 1.807) is 23.6 Å². The van der Waals surface area contributed by atoms with Gasteiger partial charge in [0, 0.05) is 30.7 Å². The first kappa shape index (κ1) is 22.1. The molecule has 1 N–H and O–H groups in total. The number of non-ortho nitro benzene ring substituents is 1. The Hall–Kier alpha value is -3.08. The van der Waals surface area contributed by atoms with Crippen molar-refractivity contribution in [3.63, 3.8) is 0 Å². The highest BCUT2D eigenvalue weighted by Gasteiger charge is 2.40. The largest absolute Gasteiger partial charge is 0.868 e. The Labute approximate surface area is 188 Å². The third kappa shape index (κ3) is 4.43. The Morgan fingerprint density at radius 2 is 2.03 bits per heavy atom. The summed E-state index contributed by atoms with van der Waals surface area (Å²) in [5.74, 6) is -2.08. The van der Waals surface area contributed by atoms with Crippen molar-refractivity contribution in [3.8, 4) is 0 Å². The summed E-state index contributed by atoms with van der Waals surface area (Å²) >= 11 is 1.19. The summed E-state index contributed by atoms with van der Waals surface area (Å²) in [5.41, 5.74) is 0.0867. The molecule has 0 saturated carbocycles. The minimum Gasteiger partial charge on any atom is -0.868 e. The van der Waals surface area contributed by atoms with Crippen molar-refractivity contribution in [1.29, 1.82) is 0 Å². The van der Waals surface area contributed by atoms with Crippen LogP contribution >= 0.6 is 11.3 Å². The van der Waals surface area contributed by atoms with Gasteiger partial charge in [-0.15, -0.1) is 11.3 Å². The minimum absolute atomic E-state index is 0.142. The molecule has 1 aromatic heterocycles. The summed E-state index contributed by atoms with van der Waals surface area (Å²) in [5, 5.41) is 25.9. The summed E-state index contributed by atoms with van der Waals surface area (Å²) in [6.07, 6.45) is 0.639. The lowest BCUT2D eigenvalue weighted by atomic mass is 9.95. The number of nitro groups is 1. The molecule has 32 heavy (non-hydrogen) atoms. The first-order chi connectivity index (χ1) is 15.5. The number of ether oxygens (including phenoxy) is 1. The predicted molar refractivity (Wildman–Crippen MR) is 114 cm³/mol. The molecule has 0 aliphatic carbocycles. The van der Waals surface area contributed by atoms with Gasteiger partial charge in [0.15, 0.2) is 0 Å². The normalized spacial score (nSPS) is 19.6. The average Bonchev–Trinajstić information content (AvgIpc) is 3.43. The average molecular weight is 458 g/mol. The van der Waals surface area contributed by atoms with E-state index in [1.165, 1.54) is 39.3 Å². The first-order valence-electron chi connectivity index (χ1n) is 10.4. The summed E-state index contributed by atoms with van der Waals surface area (Å²) < 4.78 is 5.37. The van der Waals surface area contributed by atoms with Gasteiger partial charge in [0.25, 0.3) is 5.69 Å². The van der Waals surface area contributed by atoms with Crippen molar-refractivity contribution < 1.29 is 29.3 Å². The zero-order chi connectivity index (χ0) is 22.7. The number of carbonyl (C=O) groups excluding carboxylic acids is 2. The Balaban J connectivity index is 1.64. The molecule has 2 aliphatic rings. The van der Waals surface area contributed by atoms with Crippen LogP contribution < -0.4 is 10.0 Å². The Bertz CT molecular complexity index is 1050. The lowest BCUT2D eigenvalue weighted by molar-refractivity contribution is -0.908. The third-order valence-electron chi connectivity index (χ3n) is 5.80. The minimum atomic E-state index is -0.941. The Morgan fingerprint density at radius 3 is 2.72 bits per heavy atom. The molecular weight excluding hydrogens is 434 g/mol. The number of quaternary nitrogens is 1. The monoisotopic (exact) mass is 457 g/mol. The number of nitrogens with one attached hydrogen (secondary N) is 1. The molecule has 1 unspecified atom stereocenters. The fourth-order valence-corrected chi connectivity index (χ4v) is 4.88. The highest BCUT2D eigenvalue weighted by Crippen LogP contribution is 2.39. The number of benzene rings is 1. The number of Topliss-reactive ketones (excluding diaryl/α,β-unsaturated/α-hetero) is 1. The van der Waals surface area contributed by atoms with E-state index in [4.69, 9.17) is 4.74 Å². The van der Waals surface area contributed by atoms with Crippen LogP contribution in [0.4, 0.5) is 5.69 Å². The van der Waals surface area contributed by atoms with Crippen molar-refractivity contribution in [2.75, 3.05) is 39.4 Å². The molecule has 3 heterocycles. The molecule has 1 saturated heterocycles. The predicted octanol–water partition coefficient (Wildman–Crippen LogP) is 0.342. The van der Waals surface area contributed by atoms with E-state index in [0.29, 0.717) is 30.1 Å². The maximum atomic E-state index is 13.2. The molecule has 2 aromatic rings. The van der Waals surface area contributed by atoms with Gasteiger partial charge in [-0.1, -0.05) is 18.2 Å². The van der Waals surface area contributed by atoms with Crippen LogP contribution in [0.2, 0.25) is 0 Å². The first-order valence-corrected chi connectivity index (χ1v) is 11.3. The smallest absolute Gasteiger partial charge is 0.269 e. The SMILES string of the molecule is O=C(C1=C([O-])C(=O)N(CCC[NH+]2CCOCC2)C1c1cccc([N+](=O)[O-])c1)c1cccs1. The lowest BCUT2D eigenvalue weighted by Crippen LogP contribution is -3.14. The van der Waals surface area contributed by atoms with E-state index in [9.17, 15) is 24.8 Å². The fraction of sp³-hybridized carbons (Fsp3) is 0.364. The van der Waals surface area contributed by atoms with E-state index in [1.807, 2.05) is 0 Å². The molecule has 0 radical (unpaired) electrons. The molecule has 10 heteroatoms. The van der Waals surface area contributed by atoms with Gasteiger partial charge in [-0.25, -0.2) is 0 Å². The van der Waals surface area contributed by atoms with Crippen LogP contribution in [-0.4, -0.2) is 60.9 Å². The van der Waals surface area contributed by atoms with Gasteiger partial charge in [0.1, 0.15) is 13.1 Å². The van der Waals surface area contributed by atoms with Crippen LogP contribution in [-0.2, 0) is 9.53 Å². The van der Waals surface area contributed by atoms with Gasteiger partial charge >= 0.3 is 0 Å². The van der Waals surface area contributed by atoms with E-state index >= 15 is 0 Å². The molecular formula is C22H23N3O6S. The second-order valence-corrected chi connectivity index (χ2v) is 8.72. The second kappa shape index (κ2) is 9.60. The summed E-state index contributed by atoms with van der Waals surface area (Å²) in [4.78, 5) is 40.0. The molecule has 1 fully saturated rings. The quantitative estimate of drug-likeness (QED) is 0.347. The Morgan fingerprint density at radius 1 is 1.25 bits per heavy atom. The van der Waals surface area contributed by atoms with Crippen molar-refractivity contribution >= 4 is 28.7 Å². The van der Waals surface area contributed by atoms with Crippen LogP contribution in [0.1, 0.15) is 27.7 Å². The number of nitro benzene ring substituents is 1. The van der Waals surface area contributed by atoms with Crippen molar-refractivity contribution in [2.24, 2.45) is 0 Å². The second-order valence-electron chi connectivity index (χ2n) is 7.77. The maximum Gasteiger partial charge on any atom is 0.269 e. The van der Waals surface area contributed by atoms with Crippen LogP contribution in [0.3, 0.4) is 0 Å². The zero-order valence-corrected chi connectivity index (χ0v) is 18.1.